The summed E-state index contributed by atoms with van der Waals surface area (Å²) < 4.78 is 5.33. The van der Waals surface area contributed by atoms with Crippen molar-refractivity contribution in [2.24, 2.45) is 0 Å². The van der Waals surface area contributed by atoms with Gasteiger partial charge in [0, 0.05) is 27.5 Å². The maximum Gasteiger partial charge on any atom is 0.124 e. The summed E-state index contributed by atoms with van der Waals surface area (Å²) in [7, 11) is 0. The summed E-state index contributed by atoms with van der Waals surface area (Å²) in [5.41, 5.74) is 5.53. The fourth-order valence-electron chi connectivity index (χ4n) is 3.06. The number of hydrogen-bond acceptors (Lipinski definition) is 4. The van der Waals surface area contributed by atoms with Crippen LogP contribution in [0.15, 0.2) is 58.7 Å². The Hall–Kier alpha value is -2.43. The zero-order valence-electron chi connectivity index (χ0n) is 15.0. The molecule has 1 aliphatic carbocycles. The van der Waals surface area contributed by atoms with Gasteiger partial charge in [-0.3, -0.25) is 0 Å². The molecule has 1 radical (unpaired) electrons. The van der Waals surface area contributed by atoms with E-state index < -0.39 is 6.10 Å². The molecule has 0 amide bonds. The van der Waals surface area contributed by atoms with Gasteiger partial charge in [0.15, 0.2) is 0 Å². The lowest BCUT2D eigenvalue weighted by atomic mass is 9.93. The largest absolute Gasteiger partial charge is 0.472 e. The lowest BCUT2D eigenvalue weighted by molar-refractivity contribution is 0.221. The van der Waals surface area contributed by atoms with Gasteiger partial charge in [0.1, 0.15) is 11.1 Å². The van der Waals surface area contributed by atoms with Gasteiger partial charge < -0.3 is 9.52 Å². The minimum absolute atomic E-state index is 0.0118. The van der Waals surface area contributed by atoms with Gasteiger partial charge in [-0.1, -0.05) is 45.0 Å². The summed E-state index contributed by atoms with van der Waals surface area (Å²) in [4.78, 5) is 4.85. The molecule has 4 heteroatoms. The molecule has 26 heavy (non-hydrogen) atoms. The van der Waals surface area contributed by atoms with E-state index in [1.54, 1.807) is 23.9 Å². The number of aliphatic hydroxyl groups excluding tert-OH is 1. The summed E-state index contributed by atoms with van der Waals surface area (Å²) in [6.45, 7) is 6.46. The molecule has 0 saturated heterocycles. The highest BCUT2D eigenvalue weighted by atomic mass is 32.1. The van der Waals surface area contributed by atoms with Gasteiger partial charge in [0.2, 0.25) is 0 Å². The van der Waals surface area contributed by atoms with Crippen LogP contribution in [0, 0.1) is 6.07 Å². The molecule has 131 valence electrons. The van der Waals surface area contributed by atoms with Crippen molar-refractivity contribution in [1.29, 1.82) is 0 Å². The van der Waals surface area contributed by atoms with Crippen molar-refractivity contribution < 1.29 is 9.52 Å². The SMILES string of the molecule is CC(C)(C)c1csc(-c2cc3coccc-3c2C(O)c2[c]cccc2)n1. The highest BCUT2D eigenvalue weighted by molar-refractivity contribution is 7.13. The zero-order chi connectivity index (χ0) is 18.3. The van der Waals surface area contributed by atoms with E-state index in [-0.39, 0.29) is 5.41 Å². The lowest BCUT2D eigenvalue weighted by Gasteiger charge is -2.15. The number of nitrogens with zero attached hydrogens (tertiary/aromatic N) is 1. The van der Waals surface area contributed by atoms with Gasteiger partial charge in [-0.05, 0) is 29.3 Å². The van der Waals surface area contributed by atoms with Crippen LogP contribution in [0.3, 0.4) is 0 Å². The molecule has 4 rings (SSSR count). The third-order valence-electron chi connectivity index (χ3n) is 4.50. The number of fused-ring (bicyclic) bond motifs is 1. The van der Waals surface area contributed by atoms with Crippen molar-refractivity contribution >= 4 is 11.3 Å². The molecular weight excluding hydrogens is 342 g/mol. The number of aromatic nitrogens is 1. The van der Waals surface area contributed by atoms with E-state index in [2.05, 4.69) is 32.2 Å². The van der Waals surface area contributed by atoms with Crippen molar-refractivity contribution in [2.75, 3.05) is 0 Å². The first-order valence-corrected chi connectivity index (χ1v) is 9.43. The quantitative estimate of drug-likeness (QED) is 0.509. The number of hydrogen-bond donors (Lipinski definition) is 1. The Bertz CT molecular complexity index is 994. The molecule has 0 bridgehead atoms. The van der Waals surface area contributed by atoms with Crippen LogP contribution in [-0.4, -0.2) is 10.1 Å². The van der Waals surface area contributed by atoms with E-state index in [9.17, 15) is 5.11 Å². The third-order valence-corrected chi connectivity index (χ3v) is 5.38. The van der Waals surface area contributed by atoms with Crippen molar-refractivity contribution in [3.63, 3.8) is 0 Å². The molecule has 2 aromatic rings. The van der Waals surface area contributed by atoms with Crippen LogP contribution in [0.1, 0.15) is 43.7 Å². The summed E-state index contributed by atoms with van der Waals surface area (Å²) >= 11 is 1.61. The molecule has 1 N–H and O–H groups in total. The second-order valence-electron chi connectivity index (χ2n) is 7.41. The van der Waals surface area contributed by atoms with Crippen LogP contribution < -0.4 is 0 Å². The Morgan fingerprint density at radius 3 is 2.73 bits per heavy atom. The molecule has 0 fully saturated rings. The molecule has 1 aromatic heterocycles. The molecule has 3 nitrogen and oxygen atoms in total. The van der Waals surface area contributed by atoms with Crippen LogP contribution in [0.4, 0.5) is 0 Å². The van der Waals surface area contributed by atoms with Crippen molar-refractivity contribution in [1.82, 2.24) is 4.98 Å². The first-order chi connectivity index (χ1) is 12.4. The van der Waals surface area contributed by atoms with Gasteiger partial charge in [0.25, 0.3) is 0 Å². The van der Waals surface area contributed by atoms with E-state index in [0.29, 0.717) is 0 Å². The Labute approximate surface area is 157 Å². The van der Waals surface area contributed by atoms with Crippen LogP contribution in [0.25, 0.3) is 21.7 Å². The molecule has 0 spiro atoms. The maximum absolute atomic E-state index is 11.1. The average Bonchev–Trinajstić information content (AvgIpc) is 3.26. The summed E-state index contributed by atoms with van der Waals surface area (Å²) in [5.74, 6) is 0. The van der Waals surface area contributed by atoms with Crippen molar-refractivity contribution in [3.05, 3.63) is 77.2 Å². The summed E-state index contributed by atoms with van der Waals surface area (Å²) in [6, 6.07) is 14.6. The first kappa shape index (κ1) is 17.0. The van der Waals surface area contributed by atoms with Gasteiger partial charge in [-0.2, -0.15) is 0 Å². The Balaban J connectivity index is 1.90. The third kappa shape index (κ3) is 2.96. The predicted octanol–water partition coefficient (Wildman–Crippen LogP) is 5.69. The number of aliphatic hydroxyl groups is 1. The molecule has 1 unspecified atom stereocenters. The average molecular weight is 362 g/mol. The van der Waals surface area contributed by atoms with E-state index in [4.69, 9.17) is 9.40 Å². The molecule has 1 aliphatic heterocycles. The van der Waals surface area contributed by atoms with E-state index in [0.717, 1.165) is 38.5 Å². The van der Waals surface area contributed by atoms with Crippen LogP contribution >= 0.6 is 11.3 Å². The van der Waals surface area contributed by atoms with Crippen LogP contribution in [0.2, 0.25) is 0 Å². The predicted molar refractivity (Wildman–Crippen MR) is 104 cm³/mol. The smallest absolute Gasteiger partial charge is 0.124 e. The number of benzene rings is 1. The first-order valence-electron chi connectivity index (χ1n) is 8.55. The monoisotopic (exact) mass is 362 g/mol. The molecule has 2 heterocycles. The lowest BCUT2D eigenvalue weighted by Crippen LogP contribution is -2.11. The second kappa shape index (κ2) is 6.38. The van der Waals surface area contributed by atoms with Crippen molar-refractivity contribution in [2.45, 2.75) is 32.3 Å². The second-order valence-corrected chi connectivity index (χ2v) is 8.26. The van der Waals surface area contributed by atoms with Crippen LogP contribution in [0.5, 0.6) is 0 Å². The van der Waals surface area contributed by atoms with Gasteiger partial charge >= 0.3 is 0 Å². The normalized spacial score (nSPS) is 13.2. The Morgan fingerprint density at radius 1 is 1.19 bits per heavy atom. The maximum atomic E-state index is 11.1. The van der Waals surface area contributed by atoms with Gasteiger partial charge in [-0.25, -0.2) is 4.98 Å². The molecule has 0 saturated carbocycles. The van der Waals surface area contributed by atoms with Crippen molar-refractivity contribution in [3.8, 4) is 21.7 Å². The topological polar surface area (TPSA) is 46.3 Å². The van der Waals surface area contributed by atoms with E-state index in [1.807, 2.05) is 36.4 Å². The van der Waals surface area contributed by atoms with Gasteiger partial charge in [-0.15, -0.1) is 11.3 Å². The number of thiazole rings is 1. The molecule has 1 aromatic carbocycles. The molecule has 1 atom stereocenters. The van der Waals surface area contributed by atoms with Gasteiger partial charge in [0.05, 0.1) is 18.2 Å². The Kier molecular flexibility index (Phi) is 4.17. The fraction of sp³-hybridized carbons (Fsp3) is 0.227. The molecular formula is C22H20NO2S. The Morgan fingerprint density at radius 2 is 2.04 bits per heavy atom. The zero-order valence-corrected chi connectivity index (χ0v) is 15.8. The van der Waals surface area contributed by atoms with Crippen LogP contribution in [-0.2, 0) is 5.41 Å². The standard InChI is InChI=1S/C22H20NO2S/c1-22(2,3)18-13-26-21(23-18)17-11-15-12-25-10-9-16(15)19(17)20(24)14-7-5-4-6-8-14/h4-7,9-13,20,24H,1-3H3. The van der Waals surface area contributed by atoms with E-state index >= 15 is 0 Å². The highest BCUT2D eigenvalue weighted by Gasteiger charge is 2.27. The molecule has 2 aliphatic rings. The van der Waals surface area contributed by atoms with E-state index in [1.165, 1.54) is 0 Å². The number of rotatable bonds is 3. The minimum atomic E-state index is -0.770. The highest BCUT2D eigenvalue weighted by Crippen LogP contribution is 2.44. The minimum Gasteiger partial charge on any atom is -0.472 e. The fourth-order valence-corrected chi connectivity index (χ4v) is 4.14. The summed E-state index contributed by atoms with van der Waals surface area (Å²) in [6.07, 6.45) is 2.58. The summed E-state index contributed by atoms with van der Waals surface area (Å²) in [5, 5.41) is 14.1.